The van der Waals surface area contributed by atoms with E-state index in [1.165, 1.54) is 14.2 Å². The fourth-order valence-electron chi connectivity index (χ4n) is 7.16. The van der Waals surface area contributed by atoms with Gasteiger partial charge in [-0.25, -0.2) is 0 Å². The number of fused-ring (bicyclic) bond motifs is 2. The number of benzene rings is 4. The summed E-state index contributed by atoms with van der Waals surface area (Å²) < 4.78 is 31.9. The van der Waals surface area contributed by atoms with Crippen LogP contribution in [0.15, 0.2) is 134 Å². The van der Waals surface area contributed by atoms with E-state index in [0.29, 0.717) is 75.1 Å². The Kier molecular flexibility index (Phi) is 15.0. The van der Waals surface area contributed by atoms with E-state index >= 15 is 0 Å². The summed E-state index contributed by atoms with van der Waals surface area (Å²) in [7, 11) is 4.69. The smallest absolute Gasteiger partial charge is 0.300 e. The molecule has 4 heterocycles. The van der Waals surface area contributed by atoms with Crippen LogP contribution in [0.1, 0.15) is 61.3 Å². The Morgan fingerprint density at radius 1 is 0.585 bits per heavy atom. The van der Waals surface area contributed by atoms with E-state index in [1.807, 2.05) is 120 Å². The molecule has 4 aromatic heterocycles. The molecule has 65 heavy (non-hydrogen) atoms. The normalized spacial score (nSPS) is 10.6. The first kappa shape index (κ1) is 46.6. The summed E-state index contributed by atoms with van der Waals surface area (Å²) in [6, 6.07) is 36.8. The molecule has 0 aliphatic rings. The SMILES string of the molecule is CC(=O)O.COc1cc(C(=O)c2c(C)c(OCc3ccc(Cl)cc3)c3ccccn23)ccc1N.COc1cccc(COc2c(C)c(C(=O)c3ccc(N)c(OC)c3)n3ccccc23)c1. The maximum absolute atomic E-state index is 13.4. The molecule has 0 fully saturated rings. The van der Waals surface area contributed by atoms with E-state index in [9.17, 15) is 9.59 Å². The van der Waals surface area contributed by atoms with Gasteiger partial charge in [-0.15, -0.1) is 0 Å². The number of aliphatic carboxylic acids is 1. The summed E-state index contributed by atoms with van der Waals surface area (Å²) in [6.45, 7) is 5.60. The van der Waals surface area contributed by atoms with E-state index in [2.05, 4.69) is 0 Å². The van der Waals surface area contributed by atoms with Gasteiger partial charge in [0.05, 0.1) is 43.7 Å². The molecule has 14 heteroatoms. The van der Waals surface area contributed by atoms with Gasteiger partial charge in [-0.05, 0) is 110 Å². The number of carbonyl (C=O) groups excluding carboxylic acids is 2. The fraction of sp³-hybridized carbons (Fsp3) is 0.157. The molecule has 13 nitrogen and oxygen atoms in total. The molecule has 0 amide bonds. The van der Waals surface area contributed by atoms with Gasteiger partial charge in [0, 0.05) is 46.6 Å². The van der Waals surface area contributed by atoms with Crippen molar-refractivity contribution in [1.29, 1.82) is 0 Å². The van der Waals surface area contributed by atoms with Crippen LogP contribution in [0, 0.1) is 13.8 Å². The molecule has 0 spiro atoms. The minimum Gasteiger partial charge on any atom is -0.497 e. The van der Waals surface area contributed by atoms with Crippen LogP contribution in [0.5, 0.6) is 28.7 Å². The van der Waals surface area contributed by atoms with Gasteiger partial charge in [0.1, 0.15) is 53.3 Å². The van der Waals surface area contributed by atoms with E-state index in [4.69, 9.17) is 56.7 Å². The lowest BCUT2D eigenvalue weighted by Gasteiger charge is -2.09. The van der Waals surface area contributed by atoms with Crippen molar-refractivity contribution in [2.24, 2.45) is 0 Å². The van der Waals surface area contributed by atoms with Crippen LogP contribution in [0.2, 0.25) is 5.02 Å². The van der Waals surface area contributed by atoms with E-state index < -0.39 is 5.97 Å². The van der Waals surface area contributed by atoms with Crippen molar-refractivity contribution < 1.29 is 43.2 Å². The molecular formula is C51H49ClN4O9. The van der Waals surface area contributed by atoms with E-state index in [0.717, 1.165) is 46.0 Å². The highest BCUT2D eigenvalue weighted by molar-refractivity contribution is 6.30. The van der Waals surface area contributed by atoms with E-state index in [-0.39, 0.29) is 11.6 Å². The van der Waals surface area contributed by atoms with Gasteiger partial charge in [-0.1, -0.05) is 48.0 Å². The predicted molar refractivity (Wildman–Crippen MR) is 252 cm³/mol. The monoisotopic (exact) mass is 896 g/mol. The molecule has 4 aromatic carbocycles. The number of ketones is 2. The van der Waals surface area contributed by atoms with E-state index in [1.54, 1.807) is 43.5 Å². The molecule has 0 aliphatic carbocycles. The number of hydrogen-bond donors (Lipinski definition) is 3. The molecule has 5 N–H and O–H groups in total. The molecule has 334 valence electrons. The highest BCUT2D eigenvalue weighted by Crippen LogP contribution is 2.36. The zero-order chi connectivity index (χ0) is 46.8. The number of aromatic nitrogens is 2. The van der Waals surface area contributed by atoms with Crippen LogP contribution in [-0.4, -0.2) is 52.8 Å². The van der Waals surface area contributed by atoms with Gasteiger partial charge in [0.25, 0.3) is 5.97 Å². The zero-order valence-electron chi connectivity index (χ0n) is 36.8. The van der Waals surface area contributed by atoms with Crippen LogP contribution in [-0.2, 0) is 18.0 Å². The zero-order valence-corrected chi connectivity index (χ0v) is 37.5. The molecule has 0 saturated carbocycles. The van der Waals surface area contributed by atoms with Crippen LogP contribution in [0.3, 0.4) is 0 Å². The van der Waals surface area contributed by atoms with Gasteiger partial charge in [0.2, 0.25) is 11.6 Å². The highest BCUT2D eigenvalue weighted by Gasteiger charge is 2.25. The Hall–Kier alpha value is -7.90. The molecule has 0 bridgehead atoms. The second kappa shape index (κ2) is 21.0. The lowest BCUT2D eigenvalue weighted by atomic mass is 10.0. The maximum Gasteiger partial charge on any atom is 0.300 e. The standard InChI is InChI=1S/C25H24N2O4.C24H21ClN2O3.C2H4O2/c1-16-23(24(28)18-10-11-20(26)22(14-18)30-3)27-12-5-4-9-21(27)25(16)31-15-17-7-6-8-19(13-17)29-2;1-15-22(23(28)17-8-11-19(26)21(13-17)29-2)27-12-4-3-5-20(27)24(15)30-14-16-6-9-18(25)10-7-16;1-2(3)4/h4-14H,15,26H2,1-3H3;3-13H,14,26H2,1-2H3;1H3,(H,3,4). The van der Waals surface area contributed by atoms with Gasteiger partial charge in [0.15, 0.2) is 0 Å². The van der Waals surface area contributed by atoms with Crippen molar-refractivity contribution in [3.05, 3.63) is 184 Å². The number of rotatable bonds is 13. The van der Waals surface area contributed by atoms with Gasteiger partial charge < -0.3 is 49.1 Å². The van der Waals surface area contributed by atoms with Gasteiger partial charge in [-0.3, -0.25) is 14.4 Å². The lowest BCUT2D eigenvalue weighted by molar-refractivity contribution is -0.134. The van der Waals surface area contributed by atoms with Gasteiger partial charge >= 0.3 is 0 Å². The largest absolute Gasteiger partial charge is 0.497 e. The number of anilines is 2. The Morgan fingerprint density at radius 3 is 1.49 bits per heavy atom. The minimum atomic E-state index is -0.833. The molecule has 0 atom stereocenters. The third-order valence-corrected chi connectivity index (χ3v) is 10.5. The number of carboxylic acids is 1. The topological polar surface area (TPSA) is 178 Å². The lowest BCUT2D eigenvalue weighted by Crippen LogP contribution is -2.07. The highest BCUT2D eigenvalue weighted by atomic mass is 35.5. The number of hydrogen-bond acceptors (Lipinski definition) is 10. The number of carbonyl (C=O) groups is 3. The number of carboxylic acid groups (broad SMARTS) is 1. The van der Waals surface area contributed by atoms with Crippen LogP contribution < -0.4 is 35.2 Å². The molecule has 0 radical (unpaired) electrons. The minimum absolute atomic E-state index is 0.131. The van der Waals surface area contributed by atoms with Crippen molar-refractivity contribution in [3.8, 4) is 28.7 Å². The number of nitrogens with zero attached hydrogens (tertiary/aromatic N) is 2. The van der Waals surface area contributed by atoms with Gasteiger partial charge in [-0.2, -0.15) is 0 Å². The number of ether oxygens (including phenoxy) is 5. The number of nitrogen functional groups attached to an aromatic ring is 2. The van der Waals surface area contributed by atoms with Crippen molar-refractivity contribution in [1.82, 2.24) is 8.80 Å². The Labute approximate surface area is 381 Å². The molecule has 8 aromatic rings. The quantitative estimate of drug-likeness (QED) is 0.0741. The molecule has 0 unspecified atom stereocenters. The van der Waals surface area contributed by atoms with Crippen LogP contribution in [0.25, 0.3) is 11.0 Å². The van der Waals surface area contributed by atoms with Crippen molar-refractivity contribution in [3.63, 3.8) is 0 Å². The number of nitrogens with two attached hydrogens (primary N) is 2. The summed E-state index contributed by atoms with van der Waals surface area (Å²) in [5.74, 6) is 1.97. The number of methoxy groups -OCH3 is 3. The second-order valence-corrected chi connectivity index (χ2v) is 15.1. The summed E-state index contributed by atoms with van der Waals surface area (Å²) in [5.41, 5.74) is 20.0. The first-order valence-corrected chi connectivity index (χ1v) is 20.6. The summed E-state index contributed by atoms with van der Waals surface area (Å²) in [6.07, 6.45) is 3.72. The molecule has 0 aliphatic heterocycles. The van der Waals surface area contributed by atoms with Crippen LogP contribution in [0.4, 0.5) is 11.4 Å². The van der Waals surface area contributed by atoms with Crippen molar-refractivity contribution >= 4 is 51.5 Å². The molecule has 0 saturated heterocycles. The predicted octanol–water partition coefficient (Wildman–Crippen LogP) is 10.0. The Bertz CT molecular complexity index is 2990. The first-order chi connectivity index (χ1) is 31.3. The third kappa shape index (κ3) is 10.7. The number of halogens is 1. The van der Waals surface area contributed by atoms with Crippen LogP contribution >= 0.6 is 11.6 Å². The average Bonchev–Trinajstić information content (AvgIpc) is 3.76. The van der Waals surface area contributed by atoms with Crippen molar-refractivity contribution in [2.45, 2.75) is 34.0 Å². The van der Waals surface area contributed by atoms with Crippen molar-refractivity contribution in [2.75, 3.05) is 32.8 Å². The summed E-state index contributed by atoms with van der Waals surface area (Å²) >= 11 is 5.96. The summed E-state index contributed by atoms with van der Waals surface area (Å²) in [5, 5.41) is 8.09. The molecular weight excluding hydrogens is 848 g/mol. The fourth-order valence-corrected chi connectivity index (χ4v) is 7.29. The summed E-state index contributed by atoms with van der Waals surface area (Å²) in [4.78, 5) is 35.8. The average molecular weight is 897 g/mol. The molecule has 8 rings (SSSR count). The maximum atomic E-state index is 13.4. The first-order valence-electron chi connectivity index (χ1n) is 20.2. The Balaban J connectivity index is 0.000000199. The number of pyridine rings is 2. The third-order valence-electron chi connectivity index (χ3n) is 10.3. The second-order valence-electron chi connectivity index (χ2n) is 14.7. The Morgan fingerprint density at radius 2 is 1.05 bits per heavy atom.